The number of thioether (sulfide) groups is 1. The van der Waals surface area contributed by atoms with Gasteiger partial charge in [0, 0.05) is 11.8 Å². The number of nitrogens with zero attached hydrogens (tertiary/aromatic N) is 2. The summed E-state index contributed by atoms with van der Waals surface area (Å²) in [6.07, 6.45) is 0. The number of carbonyl (C=O) groups excluding carboxylic acids is 1. The molecule has 0 spiro atoms. The summed E-state index contributed by atoms with van der Waals surface area (Å²) in [5.74, 6) is 0.781. The van der Waals surface area contributed by atoms with E-state index in [1.807, 2.05) is 13.8 Å². The van der Waals surface area contributed by atoms with Crippen molar-refractivity contribution in [1.29, 1.82) is 0 Å². The number of nitro groups is 1. The predicted molar refractivity (Wildman–Crippen MR) is 114 cm³/mol. The van der Waals surface area contributed by atoms with Crippen molar-refractivity contribution in [2.75, 3.05) is 18.2 Å². The minimum absolute atomic E-state index is 0.0785. The molecular weight excluding hydrogens is 398 g/mol. The highest BCUT2D eigenvalue weighted by Crippen LogP contribution is 2.30. The second-order valence-corrected chi connectivity index (χ2v) is 8.27. The van der Waals surface area contributed by atoms with Crippen LogP contribution in [0.15, 0.2) is 30.3 Å². The minimum Gasteiger partial charge on any atom is -0.490 e. The number of benzene rings is 2. The first-order valence-corrected chi connectivity index (χ1v) is 10.4. The van der Waals surface area contributed by atoms with E-state index in [1.54, 1.807) is 12.1 Å². The van der Waals surface area contributed by atoms with E-state index in [4.69, 9.17) is 4.74 Å². The summed E-state index contributed by atoms with van der Waals surface area (Å²) in [6.45, 7) is 4.04. The lowest BCUT2D eigenvalue weighted by Crippen LogP contribution is -2.13. The van der Waals surface area contributed by atoms with Crippen LogP contribution in [-0.4, -0.2) is 28.7 Å². The minimum atomic E-state index is -0.476. The van der Waals surface area contributed by atoms with Gasteiger partial charge in [-0.2, -0.15) is 0 Å². The van der Waals surface area contributed by atoms with Gasteiger partial charge in [-0.15, -0.1) is 11.8 Å². The van der Waals surface area contributed by atoms with Gasteiger partial charge in [-0.3, -0.25) is 14.9 Å². The van der Waals surface area contributed by atoms with Gasteiger partial charge in [-0.25, -0.2) is 4.98 Å². The second-order valence-electron chi connectivity index (χ2n) is 6.25. The third kappa shape index (κ3) is 4.60. The average molecular weight is 418 g/mol. The van der Waals surface area contributed by atoms with Gasteiger partial charge in [0.25, 0.3) is 0 Å². The van der Waals surface area contributed by atoms with Crippen molar-refractivity contribution in [3.8, 4) is 5.75 Å². The van der Waals surface area contributed by atoms with Crippen molar-refractivity contribution in [1.82, 2.24) is 4.98 Å². The summed E-state index contributed by atoms with van der Waals surface area (Å²) in [7, 11) is 1.39. The first-order chi connectivity index (χ1) is 13.4. The molecule has 9 heteroatoms. The van der Waals surface area contributed by atoms with Gasteiger partial charge in [0.15, 0.2) is 10.9 Å². The Morgan fingerprint density at radius 3 is 2.82 bits per heavy atom. The van der Waals surface area contributed by atoms with E-state index in [9.17, 15) is 14.9 Å². The molecule has 0 bridgehead atoms. The third-order valence-electron chi connectivity index (χ3n) is 4.02. The Morgan fingerprint density at radius 1 is 1.32 bits per heavy atom. The van der Waals surface area contributed by atoms with Crippen molar-refractivity contribution >= 4 is 50.0 Å². The number of anilines is 1. The molecule has 28 heavy (non-hydrogen) atoms. The second kappa shape index (κ2) is 8.57. The number of amides is 1. The maximum Gasteiger partial charge on any atom is 0.311 e. The molecule has 2 aromatic carbocycles. The lowest BCUT2D eigenvalue weighted by atomic mass is 10.1. The first-order valence-electron chi connectivity index (χ1n) is 8.44. The Bertz CT molecular complexity index is 1050. The van der Waals surface area contributed by atoms with Crippen LogP contribution in [0, 0.1) is 24.0 Å². The average Bonchev–Trinajstić information content (AvgIpc) is 3.04. The lowest BCUT2D eigenvalue weighted by molar-refractivity contribution is -0.385. The predicted octanol–water partition coefficient (Wildman–Crippen LogP) is 4.70. The topological polar surface area (TPSA) is 94.4 Å². The number of thiazole rings is 1. The molecule has 0 radical (unpaired) electrons. The molecule has 146 valence electrons. The summed E-state index contributed by atoms with van der Waals surface area (Å²) in [5, 5.41) is 14.5. The number of rotatable bonds is 7. The maximum absolute atomic E-state index is 12.2. The van der Waals surface area contributed by atoms with Crippen molar-refractivity contribution < 1.29 is 14.5 Å². The Labute approximate surface area is 170 Å². The van der Waals surface area contributed by atoms with Gasteiger partial charge in [-0.05, 0) is 42.7 Å². The van der Waals surface area contributed by atoms with Crippen LogP contribution in [0.4, 0.5) is 10.8 Å². The Hall–Kier alpha value is -2.65. The molecule has 1 heterocycles. The van der Waals surface area contributed by atoms with Crippen molar-refractivity contribution in [2.45, 2.75) is 19.6 Å². The Kier molecular flexibility index (Phi) is 6.15. The van der Waals surface area contributed by atoms with E-state index in [1.165, 1.54) is 36.3 Å². The zero-order chi connectivity index (χ0) is 20.3. The molecule has 0 fully saturated rings. The summed E-state index contributed by atoms with van der Waals surface area (Å²) in [6, 6.07) is 8.93. The molecule has 3 rings (SSSR count). The van der Waals surface area contributed by atoms with Gasteiger partial charge in [0.05, 0.1) is 28.0 Å². The number of fused-ring (bicyclic) bond motifs is 1. The fourth-order valence-electron chi connectivity index (χ4n) is 2.81. The van der Waals surface area contributed by atoms with Crippen LogP contribution < -0.4 is 10.1 Å². The number of nitro benzene ring substituents is 1. The molecule has 1 N–H and O–H groups in total. The van der Waals surface area contributed by atoms with Gasteiger partial charge >= 0.3 is 5.69 Å². The molecule has 0 unspecified atom stereocenters. The number of methoxy groups -OCH3 is 1. The highest BCUT2D eigenvalue weighted by Gasteiger charge is 2.15. The first kappa shape index (κ1) is 20.1. The molecule has 1 aromatic heterocycles. The number of carbonyl (C=O) groups is 1. The molecule has 0 aliphatic carbocycles. The molecule has 0 aliphatic heterocycles. The Balaban J connectivity index is 1.58. The fourth-order valence-corrected chi connectivity index (χ4v) is 4.64. The normalized spacial score (nSPS) is 10.8. The quantitative estimate of drug-likeness (QED) is 0.442. The van der Waals surface area contributed by atoms with Crippen molar-refractivity contribution in [2.24, 2.45) is 0 Å². The maximum atomic E-state index is 12.2. The van der Waals surface area contributed by atoms with E-state index in [0.717, 1.165) is 26.9 Å². The van der Waals surface area contributed by atoms with E-state index < -0.39 is 4.92 Å². The molecule has 7 nitrogen and oxygen atoms in total. The number of ether oxygens (including phenoxy) is 1. The zero-order valence-corrected chi connectivity index (χ0v) is 17.3. The lowest BCUT2D eigenvalue weighted by Gasteiger charge is -2.05. The monoisotopic (exact) mass is 417 g/mol. The molecular formula is C19H19N3O4S2. The molecule has 0 saturated heterocycles. The van der Waals surface area contributed by atoms with Gasteiger partial charge in [0.2, 0.25) is 5.91 Å². The number of aromatic nitrogens is 1. The summed E-state index contributed by atoms with van der Waals surface area (Å²) in [5.41, 5.74) is 3.84. The summed E-state index contributed by atoms with van der Waals surface area (Å²) < 4.78 is 6.04. The van der Waals surface area contributed by atoms with E-state index in [0.29, 0.717) is 10.9 Å². The van der Waals surface area contributed by atoms with Crippen molar-refractivity contribution in [3.05, 3.63) is 57.1 Å². The molecule has 0 aliphatic rings. The third-order valence-corrected chi connectivity index (χ3v) is 5.94. The zero-order valence-electron chi connectivity index (χ0n) is 15.6. The highest BCUT2D eigenvalue weighted by molar-refractivity contribution is 7.99. The van der Waals surface area contributed by atoms with Crippen LogP contribution in [0.5, 0.6) is 5.75 Å². The smallest absolute Gasteiger partial charge is 0.311 e. The van der Waals surface area contributed by atoms with Gasteiger partial charge in [0.1, 0.15) is 0 Å². The van der Waals surface area contributed by atoms with Gasteiger partial charge < -0.3 is 10.1 Å². The number of hydrogen-bond acceptors (Lipinski definition) is 7. The van der Waals surface area contributed by atoms with Crippen molar-refractivity contribution in [3.63, 3.8) is 0 Å². The van der Waals surface area contributed by atoms with Crippen LogP contribution in [0.1, 0.15) is 16.7 Å². The number of aryl methyl sites for hydroxylation is 2. The van der Waals surface area contributed by atoms with Crippen LogP contribution in [0.2, 0.25) is 0 Å². The van der Waals surface area contributed by atoms with E-state index >= 15 is 0 Å². The Morgan fingerprint density at radius 2 is 2.11 bits per heavy atom. The van der Waals surface area contributed by atoms with Crippen LogP contribution in [0.25, 0.3) is 10.2 Å². The molecule has 0 atom stereocenters. The molecule has 3 aromatic rings. The number of hydrogen-bond donors (Lipinski definition) is 1. The summed E-state index contributed by atoms with van der Waals surface area (Å²) >= 11 is 2.83. The largest absolute Gasteiger partial charge is 0.490 e. The van der Waals surface area contributed by atoms with Crippen LogP contribution in [0.3, 0.4) is 0 Å². The van der Waals surface area contributed by atoms with Crippen LogP contribution in [-0.2, 0) is 10.5 Å². The number of nitrogens with one attached hydrogen (secondary N) is 1. The van der Waals surface area contributed by atoms with E-state index in [2.05, 4.69) is 22.4 Å². The fraction of sp³-hybridized carbons (Fsp3) is 0.263. The standard InChI is InChI=1S/C19H19N3O4S2/c1-11-6-12(2)18-16(7-11)28-19(21-18)20-17(23)10-27-9-13-4-5-15(26-3)14(8-13)22(24)25/h4-8H,9-10H2,1-3H3,(H,20,21,23). The highest BCUT2D eigenvalue weighted by atomic mass is 32.2. The van der Waals surface area contributed by atoms with E-state index in [-0.39, 0.29) is 23.1 Å². The van der Waals surface area contributed by atoms with Crippen LogP contribution >= 0.6 is 23.1 Å². The summed E-state index contributed by atoms with van der Waals surface area (Å²) in [4.78, 5) is 27.3. The SMILES string of the molecule is COc1ccc(CSCC(=O)Nc2nc3c(C)cc(C)cc3s2)cc1[N+](=O)[O-]. The molecule has 0 saturated carbocycles. The van der Waals surface area contributed by atoms with Gasteiger partial charge in [-0.1, -0.05) is 23.5 Å². The molecule has 1 amide bonds.